The molecule has 8 aromatic carbocycles. The van der Waals surface area contributed by atoms with Gasteiger partial charge in [-0.3, -0.25) is 0 Å². The van der Waals surface area contributed by atoms with Crippen LogP contribution >= 0.6 is 0 Å². The van der Waals surface area contributed by atoms with Crippen molar-refractivity contribution in [2.45, 2.75) is 0 Å². The third kappa shape index (κ3) is 5.06. The SMILES string of the molecule is C=C/C=C\C=C/N(c1ccc(-c2cccc3ccccc23)cc1)c1cccc2c(-c3ccc4c(ccc5oc6ccccc6c54)c3)cccc12. The lowest BCUT2D eigenvalue weighted by molar-refractivity contribution is 0.669. The van der Waals surface area contributed by atoms with Crippen molar-refractivity contribution in [2.24, 2.45) is 0 Å². The molecule has 9 aromatic rings. The molecule has 236 valence electrons. The van der Waals surface area contributed by atoms with Gasteiger partial charge in [0.25, 0.3) is 0 Å². The summed E-state index contributed by atoms with van der Waals surface area (Å²) in [6.45, 7) is 3.84. The quantitative estimate of drug-likeness (QED) is 0.161. The Kier molecular flexibility index (Phi) is 7.33. The van der Waals surface area contributed by atoms with E-state index < -0.39 is 0 Å². The van der Waals surface area contributed by atoms with Crippen LogP contribution in [0.5, 0.6) is 0 Å². The molecule has 0 spiro atoms. The number of rotatable bonds is 7. The molecule has 50 heavy (non-hydrogen) atoms. The molecule has 0 atom stereocenters. The van der Waals surface area contributed by atoms with Crippen molar-refractivity contribution >= 4 is 65.6 Å². The number of benzene rings is 8. The maximum atomic E-state index is 6.17. The van der Waals surface area contributed by atoms with E-state index in [0.29, 0.717) is 0 Å². The Morgan fingerprint density at radius 1 is 0.460 bits per heavy atom. The zero-order valence-electron chi connectivity index (χ0n) is 27.5. The third-order valence-corrected chi connectivity index (χ3v) is 9.67. The Balaban J connectivity index is 1.15. The maximum absolute atomic E-state index is 6.17. The molecule has 2 nitrogen and oxygen atoms in total. The Bertz CT molecular complexity index is 2770. The largest absolute Gasteiger partial charge is 0.456 e. The monoisotopic (exact) mass is 639 g/mol. The molecule has 9 rings (SSSR count). The molecule has 0 N–H and O–H groups in total. The van der Waals surface area contributed by atoms with Crippen LogP contribution in [0.4, 0.5) is 11.4 Å². The minimum atomic E-state index is 0.919. The van der Waals surface area contributed by atoms with Gasteiger partial charge in [0.2, 0.25) is 0 Å². The maximum Gasteiger partial charge on any atom is 0.136 e. The first-order valence-corrected chi connectivity index (χ1v) is 17.0. The van der Waals surface area contributed by atoms with Crippen LogP contribution in [0.3, 0.4) is 0 Å². The highest BCUT2D eigenvalue weighted by Crippen LogP contribution is 2.40. The number of allylic oxidation sites excluding steroid dienone is 4. The van der Waals surface area contributed by atoms with Gasteiger partial charge in [-0.05, 0) is 91.7 Å². The van der Waals surface area contributed by atoms with Crippen LogP contribution in [0.25, 0.3) is 76.5 Å². The summed E-state index contributed by atoms with van der Waals surface area (Å²) in [5.41, 5.74) is 8.84. The van der Waals surface area contributed by atoms with Gasteiger partial charge in [0.1, 0.15) is 11.2 Å². The first-order chi connectivity index (χ1) is 24.8. The predicted molar refractivity (Wildman–Crippen MR) is 214 cm³/mol. The van der Waals surface area contributed by atoms with Gasteiger partial charge in [-0.2, -0.15) is 0 Å². The second-order valence-electron chi connectivity index (χ2n) is 12.6. The Morgan fingerprint density at radius 2 is 1.16 bits per heavy atom. The zero-order chi connectivity index (χ0) is 33.4. The molecule has 0 aliphatic heterocycles. The highest BCUT2D eigenvalue weighted by molar-refractivity contribution is 6.19. The minimum absolute atomic E-state index is 0.919. The fourth-order valence-corrected chi connectivity index (χ4v) is 7.34. The number of para-hydroxylation sites is 1. The fourth-order valence-electron chi connectivity index (χ4n) is 7.34. The lowest BCUT2D eigenvalue weighted by Crippen LogP contribution is -2.09. The van der Waals surface area contributed by atoms with E-state index in [4.69, 9.17) is 4.42 Å². The van der Waals surface area contributed by atoms with E-state index in [9.17, 15) is 0 Å². The van der Waals surface area contributed by atoms with E-state index in [2.05, 4.69) is 169 Å². The Labute approximate surface area is 291 Å². The van der Waals surface area contributed by atoms with E-state index in [-0.39, 0.29) is 0 Å². The zero-order valence-corrected chi connectivity index (χ0v) is 27.5. The fraction of sp³-hybridized carbons (Fsp3) is 0. The lowest BCUT2D eigenvalue weighted by atomic mass is 9.94. The van der Waals surface area contributed by atoms with Crippen LogP contribution in [0, 0.1) is 0 Å². The Hall–Kier alpha value is -6.64. The second-order valence-corrected chi connectivity index (χ2v) is 12.6. The summed E-state index contributed by atoms with van der Waals surface area (Å²) in [5.74, 6) is 0. The molecule has 0 aliphatic rings. The smallest absolute Gasteiger partial charge is 0.136 e. The van der Waals surface area contributed by atoms with Crippen molar-refractivity contribution in [3.63, 3.8) is 0 Å². The van der Waals surface area contributed by atoms with Crippen LogP contribution in [0.2, 0.25) is 0 Å². The Morgan fingerprint density at radius 3 is 2.04 bits per heavy atom. The topological polar surface area (TPSA) is 16.4 Å². The van der Waals surface area contributed by atoms with E-state index in [1.54, 1.807) is 6.08 Å². The summed E-state index contributed by atoms with van der Waals surface area (Å²) >= 11 is 0. The second kappa shape index (κ2) is 12.4. The van der Waals surface area contributed by atoms with Gasteiger partial charge in [-0.25, -0.2) is 0 Å². The van der Waals surface area contributed by atoms with Crippen molar-refractivity contribution in [3.05, 3.63) is 195 Å². The van der Waals surface area contributed by atoms with Crippen molar-refractivity contribution in [2.75, 3.05) is 4.90 Å². The van der Waals surface area contributed by atoms with Crippen LogP contribution in [0.1, 0.15) is 0 Å². The standard InChI is InChI=1S/C48H33NO/c1-2-3-4-9-31-49(37-27-23-34(24-28-37)39-17-10-14-33-13-5-6-15-38(33)39)45-21-12-19-42-40(18-11-20-43(42)45)35-25-29-41-36(32-35)26-30-47-48(41)44-16-7-8-22-46(44)50-47/h2-32H,1H2/b4-3-,31-9-. The molecular weight excluding hydrogens is 607 g/mol. The molecule has 0 unspecified atom stereocenters. The summed E-state index contributed by atoms with van der Waals surface area (Å²) in [5, 5.41) is 9.60. The van der Waals surface area contributed by atoms with Crippen molar-refractivity contribution < 1.29 is 4.42 Å². The molecule has 0 bridgehead atoms. The highest BCUT2D eigenvalue weighted by atomic mass is 16.3. The molecule has 0 amide bonds. The van der Waals surface area contributed by atoms with Crippen LogP contribution in [-0.2, 0) is 0 Å². The summed E-state index contributed by atoms with van der Waals surface area (Å²) in [6.07, 6.45) is 9.94. The molecule has 0 saturated heterocycles. The van der Waals surface area contributed by atoms with Gasteiger partial charge >= 0.3 is 0 Å². The normalized spacial score (nSPS) is 11.9. The molecule has 0 radical (unpaired) electrons. The van der Waals surface area contributed by atoms with Crippen molar-refractivity contribution in [3.8, 4) is 22.3 Å². The van der Waals surface area contributed by atoms with Gasteiger partial charge < -0.3 is 9.32 Å². The predicted octanol–water partition coefficient (Wildman–Crippen LogP) is 13.8. The van der Waals surface area contributed by atoms with Gasteiger partial charge in [-0.15, -0.1) is 0 Å². The number of nitrogens with zero attached hydrogens (tertiary/aromatic N) is 1. The van der Waals surface area contributed by atoms with E-state index in [1.165, 1.54) is 60.0 Å². The number of fused-ring (bicyclic) bond motifs is 7. The molecule has 1 aromatic heterocycles. The summed E-state index contributed by atoms with van der Waals surface area (Å²) in [7, 11) is 0. The highest BCUT2D eigenvalue weighted by Gasteiger charge is 2.15. The van der Waals surface area contributed by atoms with Crippen LogP contribution in [0.15, 0.2) is 199 Å². The molecule has 0 aliphatic carbocycles. The van der Waals surface area contributed by atoms with Crippen molar-refractivity contribution in [1.29, 1.82) is 0 Å². The summed E-state index contributed by atoms with van der Waals surface area (Å²) in [4.78, 5) is 2.27. The van der Waals surface area contributed by atoms with E-state index in [0.717, 1.165) is 27.9 Å². The number of hydrogen-bond acceptors (Lipinski definition) is 2. The molecule has 0 saturated carbocycles. The third-order valence-electron chi connectivity index (χ3n) is 9.67. The van der Waals surface area contributed by atoms with Crippen LogP contribution in [-0.4, -0.2) is 0 Å². The average Bonchev–Trinajstić information content (AvgIpc) is 3.57. The minimum Gasteiger partial charge on any atom is -0.456 e. The number of hydrogen-bond donors (Lipinski definition) is 0. The van der Waals surface area contributed by atoms with Gasteiger partial charge in [0.05, 0.1) is 5.69 Å². The van der Waals surface area contributed by atoms with E-state index >= 15 is 0 Å². The number of anilines is 2. The molecule has 2 heteroatoms. The summed E-state index contributed by atoms with van der Waals surface area (Å²) in [6, 6.07) is 56.5. The summed E-state index contributed by atoms with van der Waals surface area (Å²) < 4.78 is 6.17. The molecule has 0 fully saturated rings. The first kappa shape index (κ1) is 29.5. The lowest BCUT2D eigenvalue weighted by Gasteiger charge is -2.24. The van der Waals surface area contributed by atoms with Gasteiger partial charge in [0, 0.05) is 28.0 Å². The van der Waals surface area contributed by atoms with E-state index in [1.807, 2.05) is 24.3 Å². The number of furan rings is 1. The van der Waals surface area contributed by atoms with Crippen LogP contribution < -0.4 is 4.90 Å². The van der Waals surface area contributed by atoms with Gasteiger partial charge in [0.15, 0.2) is 0 Å². The van der Waals surface area contributed by atoms with Crippen molar-refractivity contribution in [1.82, 2.24) is 0 Å². The molecule has 1 heterocycles. The van der Waals surface area contributed by atoms with Gasteiger partial charge in [-0.1, -0.05) is 146 Å². The average molecular weight is 640 g/mol. The molecular formula is C48H33NO. The first-order valence-electron chi connectivity index (χ1n) is 17.0.